The molecule has 1 fully saturated rings. The van der Waals surface area contributed by atoms with Crippen LogP contribution in [0.2, 0.25) is 0 Å². The summed E-state index contributed by atoms with van der Waals surface area (Å²) >= 11 is 0. The van der Waals surface area contributed by atoms with E-state index in [1.807, 2.05) is 20.8 Å². The van der Waals surface area contributed by atoms with Gasteiger partial charge in [-0.05, 0) is 48.0 Å². The summed E-state index contributed by atoms with van der Waals surface area (Å²) in [5.41, 5.74) is -1.14. The molecular weight excluding hydrogens is 296 g/mol. The molecule has 0 aromatic heterocycles. The van der Waals surface area contributed by atoms with Crippen molar-refractivity contribution in [3.05, 3.63) is 0 Å². The number of carbonyl (C=O) groups excluding carboxylic acids is 2. The van der Waals surface area contributed by atoms with Gasteiger partial charge in [0.2, 0.25) is 0 Å². The van der Waals surface area contributed by atoms with E-state index in [1.54, 1.807) is 25.7 Å². The summed E-state index contributed by atoms with van der Waals surface area (Å²) in [5, 5.41) is 2.79. The molecule has 6 heteroatoms. The first-order valence-corrected chi connectivity index (χ1v) is 7.84. The van der Waals surface area contributed by atoms with E-state index in [9.17, 15) is 9.59 Å². The van der Waals surface area contributed by atoms with Crippen molar-refractivity contribution in [1.29, 1.82) is 0 Å². The van der Waals surface area contributed by atoms with Crippen LogP contribution in [-0.2, 0) is 9.47 Å². The Morgan fingerprint density at radius 3 is 2.22 bits per heavy atom. The third-order valence-corrected chi connectivity index (χ3v) is 3.12. The molecule has 1 saturated heterocycles. The maximum absolute atomic E-state index is 12.3. The Balaban J connectivity index is 2.69. The van der Waals surface area contributed by atoms with Gasteiger partial charge in [-0.1, -0.05) is 0 Å². The molecule has 1 N–H and O–H groups in total. The topological polar surface area (TPSA) is 67.9 Å². The van der Waals surface area contributed by atoms with Gasteiger partial charge in [0.05, 0.1) is 6.04 Å². The van der Waals surface area contributed by atoms with Crippen LogP contribution in [0.15, 0.2) is 0 Å². The number of hydrogen-bond donors (Lipinski definition) is 1. The molecule has 1 rings (SSSR count). The van der Waals surface area contributed by atoms with E-state index in [0.717, 1.165) is 0 Å². The molecular formula is C17H28N2O4. The Morgan fingerprint density at radius 2 is 1.74 bits per heavy atom. The van der Waals surface area contributed by atoms with Crippen molar-refractivity contribution in [1.82, 2.24) is 10.2 Å². The fraction of sp³-hybridized carbons (Fsp3) is 0.765. The number of nitrogens with one attached hydrogen (secondary N) is 1. The fourth-order valence-corrected chi connectivity index (χ4v) is 2.37. The van der Waals surface area contributed by atoms with E-state index < -0.39 is 23.4 Å². The molecule has 23 heavy (non-hydrogen) atoms. The number of carbonyl (C=O) groups is 2. The van der Waals surface area contributed by atoms with E-state index in [0.29, 0.717) is 19.4 Å². The highest BCUT2D eigenvalue weighted by atomic mass is 16.6. The molecule has 0 aromatic rings. The number of likely N-dealkylation sites (tertiary alicyclic amines) is 1. The van der Waals surface area contributed by atoms with Gasteiger partial charge in [-0.25, -0.2) is 9.59 Å². The Bertz CT molecular complexity index is 482. The number of alkyl carbamates (subject to hydrolysis) is 1. The van der Waals surface area contributed by atoms with Crippen LogP contribution < -0.4 is 5.32 Å². The summed E-state index contributed by atoms with van der Waals surface area (Å²) in [6, 6.07) is -0.342. The second kappa shape index (κ2) is 7.12. The van der Waals surface area contributed by atoms with Gasteiger partial charge in [-0.3, -0.25) is 0 Å². The smallest absolute Gasteiger partial charge is 0.410 e. The van der Waals surface area contributed by atoms with Gasteiger partial charge in [0.1, 0.15) is 11.2 Å². The average Bonchev–Trinajstić information content (AvgIpc) is 2.67. The van der Waals surface area contributed by atoms with Crippen LogP contribution in [0.5, 0.6) is 0 Å². The van der Waals surface area contributed by atoms with Gasteiger partial charge in [0.25, 0.3) is 0 Å². The van der Waals surface area contributed by atoms with Crippen LogP contribution in [0, 0.1) is 12.3 Å². The molecule has 130 valence electrons. The average molecular weight is 324 g/mol. The number of amides is 2. The Morgan fingerprint density at radius 1 is 1.17 bits per heavy atom. The molecule has 0 aliphatic carbocycles. The van der Waals surface area contributed by atoms with E-state index in [-0.39, 0.29) is 12.1 Å². The maximum Gasteiger partial charge on any atom is 0.410 e. The Kier molecular flexibility index (Phi) is 5.92. The second-order valence-corrected chi connectivity index (χ2v) is 7.77. The predicted octanol–water partition coefficient (Wildman–Crippen LogP) is 2.91. The summed E-state index contributed by atoms with van der Waals surface area (Å²) in [4.78, 5) is 25.8. The molecule has 0 saturated carbocycles. The van der Waals surface area contributed by atoms with Crippen LogP contribution in [0.25, 0.3) is 0 Å². The molecule has 1 heterocycles. The minimum absolute atomic E-state index is 0.144. The van der Waals surface area contributed by atoms with E-state index >= 15 is 0 Å². The van der Waals surface area contributed by atoms with Gasteiger partial charge in [0, 0.05) is 19.0 Å². The first-order chi connectivity index (χ1) is 10.4. The molecule has 1 aliphatic rings. The molecule has 1 aliphatic heterocycles. The lowest BCUT2D eigenvalue weighted by Gasteiger charge is -2.27. The molecule has 0 aromatic carbocycles. The fourth-order valence-electron chi connectivity index (χ4n) is 2.37. The summed E-state index contributed by atoms with van der Waals surface area (Å²) in [7, 11) is 0. The third-order valence-electron chi connectivity index (χ3n) is 3.12. The number of rotatable bonds is 2. The minimum atomic E-state index is -0.575. The highest BCUT2D eigenvalue weighted by Crippen LogP contribution is 2.23. The highest BCUT2D eigenvalue weighted by molar-refractivity contribution is 5.71. The highest BCUT2D eigenvalue weighted by Gasteiger charge is 2.38. The van der Waals surface area contributed by atoms with Crippen molar-refractivity contribution in [2.45, 2.75) is 77.7 Å². The van der Waals surface area contributed by atoms with Crippen LogP contribution in [0.1, 0.15) is 54.4 Å². The summed E-state index contributed by atoms with van der Waals surface area (Å²) < 4.78 is 10.7. The van der Waals surface area contributed by atoms with E-state index in [1.165, 1.54) is 0 Å². The number of nitrogens with zero attached hydrogens (tertiary/aromatic N) is 1. The summed E-state index contributed by atoms with van der Waals surface area (Å²) in [6.45, 7) is 11.2. The zero-order valence-electron chi connectivity index (χ0n) is 14.9. The van der Waals surface area contributed by atoms with E-state index in [2.05, 4.69) is 11.2 Å². The zero-order valence-corrected chi connectivity index (χ0v) is 14.9. The Hall–Kier alpha value is -1.90. The molecule has 1 unspecified atom stereocenters. The lowest BCUT2D eigenvalue weighted by molar-refractivity contribution is 0.0221. The maximum atomic E-state index is 12.3. The second-order valence-electron chi connectivity index (χ2n) is 7.77. The standard InChI is InChI=1S/C17H28N2O4/c1-8-9-13-10-12(18-14(20)22-16(2,3)4)11-19(13)15(21)23-17(5,6)7/h1,12-13H,9-11H2,2-7H3,(H,18,20)/t12-,13?/m0/s1. The molecule has 2 atom stereocenters. The van der Waals surface area contributed by atoms with E-state index in [4.69, 9.17) is 15.9 Å². The van der Waals surface area contributed by atoms with Crippen molar-refractivity contribution in [2.24, 2.45) is 0 Å². The molecule has 0 spiro atoms. The number of ether oxygens (including phenoxy) is 2. The van der Waals surface area contributed by atoms with Crippen molar-refractivity contribution >= 4 is 12.2 Å². The van der Waals surface area contributed by atoms with Crippen molar-refractivity contribution in [3.63, 3.8) is 0 Å². The quantitative estimate of drug-likeness (QED) is 0.793. The van der Waals surface area contributed by atoms with Crippen LogP contribution in [0.3, 0.4) is 0 Å². The van der Waals surface area contributed by atoms with Crippen molar-refractivity contribution in [2.75, 3.05) is 6.54 Å². The third kappa shape index (κ3) is 6.81. The lowest BCUT2D eigenvalue weighted by atomic mass is 10.1. The van der Waals surface area contributed by atoms with Crippen LogP contribution >= 0.6 is 0 Å². The first kappa shape index (κ1) is 19.1. The van der Waals surface area contributed by atoms with Gasteiger partial charge < -0.3 is 19.7 Å². The SMILES string of the molecule is C#CCC1C[C@H](NC(=O)OC(C)(C)C)CN1C(=O)OC(C)(C)C. The van der Waals surface area contributed by atoms with Gasteiger partial charge in [0.15, 0.2) is 0 Å². The zero-order chi connectivity index (χ0) is 17.8. The largest absolute Gasteiger partial charge is 0.444 e. The number of terminal acetylenes is 1. The van der Waals surface area contributed by atoms with Gasteiger partial charge in [-0.2, -0.15) is 0 Å². The predicted molar refractivity (Wildman–Crippen MR) is 88.0 cm³/mol. The van der Waals surface area contributed by atoms with Crippen LogP contribution in [0.4, 0.5) is 9.59 Å². The van der Waals surface area contributed by atoms with Crippen molar-refractivity contribution in [3.8, 4) is 12.3 Å². The Labute approximate surface area is 138 Å². The minimum Gasteiger partial charge on any atom is -0.444 e. The first-order valence-electron chi connectivity index (χ1n) is 7.84. The molecule has 6 nitrogen and oxygen atoms in total. The van der Waals surface area contributed by atoms with Crippen molar-refractivity contribution < 1.29 is 19.1 Å². The molecule has 0 radical (unpaired) electrons. The molecule has 2 amide bonds. The van der Waals surface area contributed by atoms with Crippen LogP contribution in [-0.4, -0.2) is 46.9 Å². The normalized spacial score (nSPS) is 21.5. The summed E-state index contributed by atoms with van der Waals surface area (Å²) in [5.74, 6) is 2.58. The van der Waals surface area contributed by atoms with Gasteiger partial charge in [-0.15, -0.1) is 12.3 Å². The monoisotopic (exact) mass is 324 g/mol. The molecule has 0 bridgehead atoms. The lowest BCUT2D eigenvalue weighted by Crippen LogP contribution is -2.43. The summed E-state index contributed by atoms with van der Waals surface area (Å²) in [6.07, 6.45) is 5.49. The van der Waals surface area contributed by atoms with Gasteiger partial charge >= 0.3 is 12.2 Å². The number of hydrogen-bond acceptors (Lipinski definition) is 4.